The van der Waals surface area contributed by atoms with Gasteiger partial charge < -0.3 is 11.1 Å². The summed E-state index contributed by atoms with van der Waals surface area (Å²) >= 11 is 0. The van der Waals surface area contributed by atoms with Crippen LogP contribution in [0.25, 0.3) is 0 Å². The predicted molar refractivity (Wildman–Crippen MR) is 65.9 cm³/mol. The van der Waals surface area contributed by atoms with Gasteiger partial charge in [0, 0.05) is 11.7 Å². The lowest BCUT2D eigenvalue weighted by Gasteiger charge is -2.18. The average Bonchev–Trinajstić information content (AvgIpc) is 2.51. The van der Waals surface area contributed by atoms with Gasteiger partial charge in [-0.2, -0.15) is 0 Å². The van der Waals surface area contributed by atoms with E-state index in [1.165, 1.54) is 12.8 Å². The van der Waals surface area contributed by atoms with Crippen LogP contribution >= 0.6 is 0 Å². The third-order valence-electron chi connectivity index (χ3n) is 3.27. The highest BCUT2D eigenvalue weighted by atomic mass is 19.1. The lowest BCUT2D eigenvalue weighted by Crippen LogP contribution is -2.20. The van der Waals surface area contributed by atoms with Crippen molar-refractivity contribution in [3.8, 4) is 0 Å². The molecule has 0 amide bonds. The van der Waals surface area contributed by atoms with E-state index in [0.29, 0.717) is 0 Å². The largest absolute Gasteiger partial charge is 0.399 e. The molecule has 0 radical (unpaired) electrons. The number of nitrogens with one attached hydrogen (secondary N) is 1. The van der Waals surface area contributed by atoms with Crippen LogP contribution in [-0.4, -0.2) is 6.04 Å². The summed E-state index contributed by atoms with van der Waals surface area (Å²) in [5.41, 5.74) is 5.46. The molecule has 94 valence electrons. The van der Waals surface area contributed by atoms with Crippen LogP contribution in [0.5, 0.6) is 0 Å². The molecule has 0 bridgehead atoms. The average molecular weight is 240 g/mol. The second-order valence-electron chi connectivity index (χ2n) is 4.69. The van der Waals surface area contributed by atoms with Crippen LogP contribution in [-0.2, 0) is 0 Å². The predicted octanol–water partition coefficient (Wildman–Crippen LogP) is 3.68. The molecule has 0 spiro atoms. The summed E-state index contributed by atoms with van der Waals surface area (Å²) in [7, 11) is 0. The molecular formula is C13H18F2N2. The monoisotopic (exact) mass is 240 g/mol. The van der Waals surface area contributed by atoms with E-state index in [-0.39, 0.29) is 17.4 Å². The van der Waals surface area contributed by atoms with Gasteiger partial charge in [0.05, 0.1) is 0 Å². The summed E-state index contributed by atoms with van der Waals surface area (Å²) in [6, 6.07) is 2.48. The SMILES string of the molecule is Nc1cc(F)c(NC2CCCCCC2)c(F)c1. The van der Waals surface area contributed by atoms with E-state index in [1.54, 1.807) is 0 Å². The molecule has 1 fully saturated rings. The van der Waals surface area contributed by atoms with Crippen molar-refractivity contribution in [3.63, 3.8) is 0 Å². The molecular weight excluding hydrogens is 222 g/mol. The van der Waals surface area contributed by atoms with Crippen LogP contribution in [0.2, 0.25) is 0 Å². The van der Waals surface area contributed by atoms with Gasteiger partial charge in [-0.3, -0.25) is 0 Å². The highest BCUT2D eigenvalue weighted by molar-refractivity contribution is 5.54. The zero-order chi connectivity index (χ0) is 12.3. The first kappa shape index (κ1) is 12.1. The standard InChI is InChI=1S/C13H18F2N2/c14-11-7-9(16)8-12(15)13(11)17-10-5-3-1-2-4-6-10/h7-8,10,17H,1-6,16H2. The fourth-order valence-corrected chi connectivity index (χ4v) is 2.36. The maximum absolute atomic E-state index is 13.6. The number of nitrogen functional groups attached to an aromatic ring is 1. The number of rotatable bonds is 2. The molecule has 4 heteroatoms. The zero-order valence-corrected chi connectivity index (χ0v) is 9.81. The van der Waals surface area contributed by atoms with Crippen molar-refractivity contribution in [2.24, 2.45) is 0 Å². The number of hydrogen-bond acceptors (Lipinski definition) is 2. The first-order valence-corrected chi connectivity index (χ1v) is 6.18. The van der Waals surface area contributed by atoms with Gasteiger partial charge >= 0.3 is 0 Å². The van der Waals surface area contributed by atoms with Gasteiger partial charge in [0.2, 0.25) is 0 Å². The fourth-order valence-electron chi connectivity index (χ4n) is 2.36. The summed E-state index contributed by atoms with van der Waals surface area (Å²) in [6.07, 6.45) is 6.62. The molecule has 1 aliphatic carbocycles. The molecule has 0 aromatic heterocycles. The van der Waals surface area contributed by atoms with E-state index >= 15 is 0 Å². The summed E-state index contributed by atoms with van der Waals surface area (Å²) in [5.74, 6) is -1.21. The second-order valence-corrected chi connectivity index (χ2v) is 4.69. The Bertz CT molecular complexity index is 362. The van der Waals surface area contributed by atoms with E-state index in [0.717, 1.165) is 37.8 Å². The van der Waals surface area contributed by atoms with Gasteiger partial charge in [0.15, 0.2) is 11.6 Å². The summed E-state index contributed by atoms with van der Waals surface area (Å²) < 4.78 is 27.2. The Labute approximate surface area is 100 Å². The minimum absolute atomic E-state index is 0.0360. The minimum atomic E-state index is -0.605. The van der Waals surface area contributed by atoms with Gasteiger partial charge in [0.1, 0.15) is 5.69 Å². The first-order chi connectivity index (χ1) is 8.16. The Kier molecular flexibility index (Phi) is 3.82. The molecule has 1 aliphatic rings. The van der Waals surface area contributed by atoms with Gasteiger partial charge in [-0.25, -0.2) is 8.78 Å². The molecule has 2 nitrogen and oxygen atoms in total. The van der Waals surface area contributed by atoms with Crippen molar-refractivity contribution in [2.75, 3.05) is 11.1 Å². The Hall–Kier alpha value is -1.32. The van der Waals surface area contributed by atoms with E-state index in [1.807, 2.05) is 0 Å². The summed E-state index contributed by atoms with van der Waals surface area (Å²) in [4.78, 5) is 0. The molecule has 1 aromatic rings. The molecule has 0 saturated heterocycles. The van der Waals surface area contributed by atoms with Crippen LogP contribution in [0.3, 0.4) is 0 Å². The van der Waals surface area contributed by atoms with E-state index in [4.69, 9.17) is 5.73 Å². The van der Waals surface area contributed by atoms with E-state index in [9.17, 15) is 8.78 Å². The zero-order valence-electron chi connectivity index (χ0n) is 9.81. The Morgan fingerprint density at radius 3 is 2.06 bits per heavy atom. The van der Waals surface area contributed by atoms with E-state index in [2.05, 4.69) is 5.32 Å². The molecule has 3 N–H and O–H groups in total. The van der Waals surface area contributed by atoms with Gasteiger partial charge in [0.25, 0.3) is 0 Å². The Balaban J connectivity index is 2.11. The van der Waals surface area contributed by atoms with Gasteiger partial charge in [-0.1, -0.05) is 25.7 Å². The number of anilines is 2. The normalized spacial score (nSPS) is 17.8. The highest BCUT2D eigenvalue weighted by Crippen LogP contribution is 2.26. The highest BCUT2D eigenvalue weighted by Gasteiger charge is 2.16. The molecule has 0 atom stereocenters. The number of benzene rings is 1. The molecule has 0 unspecified atom stereocenters. The van der Waals surface area contributed by atoms with Crippen molar-refractivity contribution in [1.82, 2.24) is 0 Å². The van der Waals surface area contributed by atoms with E-state index < -0.39 is 11.6 Å². The topological polar surface area (TPSA) is 38.0 Å². The minimum Gasteiger partial charge on any atom is -0.399 e. The van der Waals surface area contributed by atoms with Gasteiger partial charge in [-0.05, 0) is 25.0 Å². The van der Waals surface area contributed by atoms with Crippen molar-refractivity contribution < 1.29 is 8.78 Å². The Morgan fingerprint density at radius 1 is 1.00 bits per heavy atom. The maximum Gasteiger partial charge on any atom is 0.151 e. The number of halogens is 2. The smallest absolute Gasteiger partial charge is 0.151 e. The molecule has 0 heterocycles. The Morgan fingerprint density at radius 2 is 1.53 bits per heavy atom. The van der Waals surface area contributed by atoms with Crippen molar-refractivity contribution in [1.29, 1.82) is 0 Å². The molecule has 2 rings (SSSR count). The maximum atomic E-state index is 13.6. The third kappa shape index (κ3) is 3.08. The van der Waals surface area contributed by atoms with Crippen LogP contribution in [0, 0.1) is 11.6 Å². The van der Waals surface area contributed by atoms with Crippen LogP contribution in [0.15, 0.2) is 12.1 Å². The molecule has 1 aromatic carbocycles. The first-order valence-electron chi connectivity index (χ1n) is 6.18. The lowest BCUT2D eigenvalue weighted by atomic mass is 10.1. The van der Waals surface area contributed by atoms with Crippen LogP contribution in [0.4, 0.5) is 20.2 Å². The second kappa shape index (κ2) is 5.34. The third-order valence-corrected chi connectivity index (χ3v) is 3.27. The quantitative estimate of drug-likeness (QED) is 0.611. The van der Waals surface area contributed by atoms with Crippen molar-refractivity contribution in [3.05, 3.63) is 23.8 Å². The molecule has 0 aliphatic heterocycles. The number of nitrogens with two attached hydrogens (primary N) is 1. The van der Waals surface area contributed by atoms with Crippen LogP contribution < -0.4 is 11.1 Å². The van der Waals surface area contributed by atoms with Crippen molar-refractivity contribution >= 4 is 11.4 Å². The lowest BCUT2D eigenvalue weighted by molar-refractivity contribution is 0.566. The molecule has 17 heavy (non-hydrogen) atoms. The summed E-state index contributed by atoms with van der Waals surface area (Å²) in [6.45, 7) is 0. The van der Waals surface area contributed by atoms with Crippen molar-refractivity contribution in [2.45, 2.75) is 44.6 Å². The van der Waals surface area contributed by atoms with Crippen LogP contribution in [0.1, 0.15) is 38.5 Å². The fraction of sp³-hybridized carbons (Fsp3) is 0.538. The van der Waals surface area contributed by atoms with Gasteiger partial charge in [-0.15, -0.1) is 0 Å². The molecule has 1 saturated carbocycles. The number of hydrogen-bond donors (Lipinski definition) is 2. The summed E-state index contributed by atoms with van der Waals surface area (Å²) in [5, 5.41) is 2.98.